The zero-order valence-corrected chi connectivity index (χ0v) is 19.7. The van der Waals surface area contributed by atoms with E-state index in [0.29, 0.717) is 43.1 Å². The van der Waals surface area contributed by atoms with Gasteiger partial charge in [-0.25, -0.2) is 0 Å². The highest BCUT2D eigenvalue weighted by Crippen LogP contribution is 2.43. The number of hydrogen-bond acceptors (Lipinski definition) is 7. The summed E-state index contributed by atoms with van der Waals surface area (Å²) in [6, 6.07) is 14.2. The first-order valence-electron chi connectivity index (χ1n) is 11.4. The van der Waals surface area contributed by atoms with Gasteiger partial charge in [0.1, 0.15) is 24.3 Å². The minimum atomic E-state index is -0.153. The van der Waals surface area contributed by atoms with E-state index in [1.165, 1.54) is 11.1 Å². The number of aliphatic hydroxyl groups excluding tert-OH is 1. The predicted octanol–water partition coefficient (Wildman–Crippen LogP) is 4.33. The summed E-state index contributed by atoms with van der Waals surface area (Å²) in [5.74, 6) is 2.37. The van der Waals surface area contributed by atoms with E-state index in [0.717, 1.165) is 41.0 Å². The highest BCUT2D eigenvalue weighted by atomic mass is 35.5. The quantitative estimate of drug-likeness (QED) is 0.462. The van der Waals surface area contributed by atoms with Crippen molar-refractivity contribution in [1.82, 2.24) is 10.3 Å². The molecule has 0 saturated heterocycles. The number of aromatic nitrogens is 1. The van der Waals surface area contributed by atoms with Crippen LogP contribution < -0.4 is 24.3 Å². The molecule has 178 valence electrons. The van der Waals surface area contributed by atoms with Crippen LogP contribution in [0.2, 0.25) is 5.02 Å². The number of methoxy groups -OCH3 is 1. The van der Waals surface area contributed by atoms with Crippen LogP contribution in [0.1, 0.15) is 29.2 Å². The Labute approximate surface area is 203 Å². The average Bonchev–Trinajstić information content (AvgIpc) is 3.28. The first-order valence-corrected chi connectivity index (χ1v) is 11.8. The molecule has 2 aliphatic rings. The van der Waals surface area contributed by atoms with Crippen LogP contribution in [0.5, 0.6) is 23.3 Å². The van der Waals surface area contributed by atoms with Gasteiger partial charge in [0.15, 0.2) is 11.5 Å². The van der Waals surface area contributed by atoms with E-state index in [2.05, 4.69) is 34.6 Å². The van der Waals surface area contributed by atoms with Crippen molar-refractivity contribution in [3.63, 3.8) is 0 Å². The van der Waals surface area contributed by atoms with Gasteiger partial charge in [-0.1, -0.05) is 35.9 Å². The Morgan fingerprint density at radius 2 is 1.97 bits per heavy atom. The second-order valence-corrected chi connectivity index (χ2v) is 8.63. The number of pyridine rings is 1. The minimum absolute atomic E-state index is 0.0556. The molecule has 2 N–H and O–H groups in total. The predicted molar refractivity (Wildman–Crippen MR) is 129 cm³/mol. The van der Waals surface area contributed by atoms with Crippen LogP contribution in [0.3, 0.4) is 0 Å². The highest BCUT2D eigenvalue weighted by Gasteiger charge is 2.28. The van der Waals surface area contributed by atoms with Crippen molar-refractivity contribution in [2.75, 3.05) is 33.5 Å². The summed E-state index contributed by atoms with van der Waals surface area (Å²) in [6.45, 7) is 2.16. The van der Waals surface area contributed by atoms with E-state index in [4.69, 9.17) is 35.7 Å². The van der Waals surface area contributed by atoms with Gasteiger partial charge in [0.05, 0.1) is 13.7 Å². The van der Waals surface area contributed by atoms with E-state index in [1.807, 2.05) is 12.1 Å². The Balaban J connectivity index is 1.40. The molecule has 0 fully saturated rings. The Kier molecular flexibility index (Phi) is 6.76. The summed E-state index contributed by atoms with van der Waals surface area (Å²) >= 11 is 6.53. The summed E-state index contributed by atoms with van der Waals surface area (Å²) in [5.41, 5.74) is 5.47. The third-order valence-electron chi connectivity index (χ3n) is 6.10. The lowest BCUT2D eigenvalue weighted by Crippen LogP contribution is -2.18. The van der Waals surface area contributed by atoms with Gasteiger partial charge in [-0.15, -0.1) is 0 Å². The fourth-order valence-corrected chi connectivity index (χ4v) is 4.76. The van der Waals surface area contributed by atoms with Gasteiger partial charge in [0.25, 0.3) is 0 Å². The molecule has 8 heteroatoms. The van der Waals surface area contributed by atoms with E-state index in [1.54, 1.807) is 13.2 Å². The van der Waals surface area contributed by atoms with E-state index >= 15 is 0 Å². The fraction of sp³-hybridized carbons (Fsp3) is 0.346. The molecular weight excluding hydrogens is 456 g/mol. The number of nitrogens with one attached hydrogen (secondary N) is 1. The second kappa shape index (κ2) is 10.1. The first kappa shape index (κ1) is 22.8. The molecular formula is C26H27ClN2O5. The molecule has 0 amide bonds. The Morgan fingerprint density at radius 1 is 1.12 bits per heavy atom. The molecule has 1 aliphatic heterocycles. The van der Waals surface area contributed by atoms with Crippen molar-refractivity contribution in [2.24, 2.45) is 0 Å². The zero-order chi connectivity index (χ0) is 23.5. The highest BCUT2D eigenvalue weighted by molar-refractivity contribution is 6.31. The summed E-state index contributed by atoms with van der Waals surface area (Å²) in [6.07, 6.45) is 1.57. The number of benzene rings is 2. The first-order chi connectivity index (χ1) is 16.7. The lowest BCUT2D eigenvalue weighted by atomic mass is 9.96. The van der Waals surface area contributed by atoms with Crippen molar-refractivity contribution in [3.8, 4) is 34.4 Å². The van der Waals surface area contributed by atoms with Gasteiger partial charge in [-0.3, -0.25) is 0 Å². The van der Waals surface area contributed by atoms with Gasteiger partial charge >= 0.3 is 0 Å². The molecule has 5 rings (SSSR count). The van der Waals surface area contributed by atoms with Crippen LogP contribution in [0.4, 0.5) is 0 Å². The van der Waals surface area contributed by atoms with Crippen molar-refractivity contribution in [2.45, 2.75) is 25.5 Å². The number of nitrogens with zero attached hydrogens (tertiary/aromatic N) is 1. The third kappa shape index (κ3) is 4.51. The maximum atomic E-state index is 8.99. The maximum Gasteiger partial charge on any atom is 0.236 e. The van der Waals surface area contributed by atoms with Crippen LogP contribution in [0.15, 0.2) is 42.5 Å². The topological polar surface area (TPSA) is 82.1 Å². The lowest BCUT2D eigenvalue weighted by molar-refractivity contribution is 0.171. The molecule has 34 heavy (non-hydrogen) atoms. The standard InChI is InChI=1S/C26H27ClN2O5/c1-31-25-17(15-28-9-10-30)13-21(27)26(29-25)34-22-8-6-19-18(3-2-4-20(19)22)16-5-7-23-24(14-16)33-12-11-32-23/h2-5,7,13-14,22,28,30H,6,8-12,15H2,1H3/t22-/m0/s1. The van der Waals surface area contributed by atoms with Gasteiger partial charge in [0, 0.05) is 18.7 Å². The van der Waals surface area contributed by atoms with Gasteiger partial charge in [-0.2, -0.15) is 4.98 Å². The Bertz CT molecular complexity index is 1190. The Morgan fingerprint density at radius 3 is 2.79 bits per heavy atom. The molecule has 0 unspecified atom stereocenters. The van der Waals surface area contributed by atoms with Gasteiger partial charge in [0.2, 0.25) is 11.8 Å². The van der Waals surface area contributed by atoms with Gasteiger partial charge in [-0.05, 0) is 53.3 Å². The van der Waals surface area contributed by atoms with Crippen LogP contribution in [-0.2, 0) is 13.0 Å². The molecule has 3 aromatic rings. The van der Waals surface area contributed by atoms with E-state index < -0.39 is 0 Å². The maximum absolute atomic E-state index is 8.99. The third-order valence-corrected chi connectivity index (χ3v) is 6.37. The summed E-state index contributed by atoms with van der Waals surface area (Å²) < 4.78 is 23.2. The van der Waals surface area contributed by atoms with Crippen LogP contribution >= 0.6 is 11.6 Å². The number of ether oxygens (including phenoxy) is 4. The van der Waals surface area contributed by atoms with Crippen molar-refractivity contribution >= 4 is 11.6 Å². The summed E-state index contributed by atoms with van der Waals surface area (Å²) in [7, 11) is 1.57. The molecule has 1 aromatic heterocycles. The van der Waals surface area contributed by atoms with Crippen molar-refractivity contribution in [1.29, 1.82) is 0 Å². The molecule has 2 aromatic carbocycles. The zero-order valence-electron chi connectivity index (χ0n) is 19.0. The normalized spacial score (nSPS) is 16.3. The molecule has 0 saturated carbocycles. The Hall–Kier alpha value is -3.00. The molecule has 7 nitrogen and oxygen atoms in total. The fourth-order valence-electron chi connectivity index (χ4n) is 4.54. The number of halogens is 1. The van der Waals surface area contributed by atoms with Crippen LogP contribution in [0, 0.1) is 0 Å². The summed E-state index contributed by atoms with van der Waals surface area (Å²) in [4.78, 5) is 4.53. The number of aliphatic hydroxyl groups is 1. The molecule has 1 aliphatic carbocycles. The SMILES string of the molecule is COc1nc(O[C@H]2CCc3c(-c4ccc5c(c4)OCCO5)cccc32)c(Cl)cc1CNCCO. The molecule has 2 heterocycles. The second-order valence-electron chi connectivity index (χ2n) is 8.22. The van der Waals surface area contributed by atoms with E-state index in [-0.39, 0.29) is 12.7 Å². The molecule has 0 spiro atoms. The van der Waals surface area contributed by atoms with Crippen LogP contribution in [0.25, 0.3) is 11.1 Å². The minimum Gasteiger partial charge on any atom is -0.486 e. The average molecular weight is 483 g/mol. The summed E-state index contributed by atoms with van der Waals surface area (Å²) in [5, 5.41) is 12.5. The lowest BCUT2D eigenvalue weighted by Gasteiger charge is -2.20. The number of fused-ring (bicyclic) bond motifs is 2. The largest absolute Gasteiger partial charge is 0.486 e. The smallest absolute Gasteiger partial charge is 0.236 e. The molecule has 0 radical (unpaired) electrons. The number of hydrogen-bond donors (Lipinski definition) is 2. The number of rotatable bonds is 8. The monoisotopic (exact) mass is 482 g/mol. The van der Waals surface area contributed by atoms with Crippen LogP contribution in [-0.4, -0.2) is 43.6 Å². The molecule has 0 bridgehead atoms. The van der Waals surface area contributed by atoms with Crippen molar-refractivity contribution in [3.05, 3.63) is 64.2 Å². The van der Waals surface area contributed by atoms with Gasteiger partial charge < -0.3 is 29.4 Å². The van der Waals surface area contributed by atoms with E-state index in [9.17, 15) is 0 Å². The molecule has 1 atom stereocenters. The van der Waals surface area contributed by atoms with Crippen molar-refractivity contribution < 1.29 is 24.1 Å².